The standard InChI is InChI=1S/C18H19N3O4S2/c1-4-21-15-8-7-13(10-16(15)26-18(21)23)19-17(22)12-6-5-11(2)14(9-12)20-27(3,24)25/h5-10,20H,4H2,1-3H3,(H,19,22). The average Bonchev–Trinajstić information content (AvgIpc) is 2.89. The predicted molar refractivity (Wildman–Crippen MR) is 109 cm³/mol. The summed E-state index contributed by atoms with van der Waals surface area (Å²) in [6.07, 6.45) is 1.06. The van der Waals surface area contributed by atoms with E-state index in [1.807, 2.05) is 6.92 Å². The maximum atomic E-state index is 12.6. The van der Waals surface area contributed by atoms with Crippen molar-refractivity contribution in [2.75, 3.05) is 16.3 Å². The molecule has 0 saturated heterocycles. The molecule has 142 valence electrons. The van der Waals surface area contributed by atoms with Gasteiger partial charge in [-0.2, -0.15) is 0 Å². The Kier molecular flexibility index (Phi) is 5.07. The number of amides is 1. The van der Waals surface area contributed by atoms with Gasteiger partial charge in [0.15, 0.2) is 0 Å². The number of anilines is 2. The molecule has 0 radical (unpaired) electrons. The normalized spacial score (nSPS) is 11.5. The Balaban J connectivity index is 1.88. The maximum Gasteiger partial charge on any atom is 0.308 e. The van der Waals surface area contributed by atoms with Crippen LogP contribution in [0.2, 0.25) is 0 Å². The number of carbonyl (C=O) groups excluding carboxylic acids is 1. The van der Waals surface area contributed by atoms with Crippen LogP contribution in [0.15, 0.2) is 41.2 Å². The van der Waals surface area contributed by atoms with Crippen molar-refractivity contribution in [3.8, 4) is 0 Å². The van der Waals surface area contributed by atoms with Gasteiger partial charge in [-0.05, 0) is 49.7 Å². The number of carbonyl (C=O) groups is 1. The highest BCUT2D eigenvalue weighted by Gasteiger charge is 2.12. The van der Waals surface area contributed by atoms with Gasteiger partial charge in [0.2, 0.25) is 10.0 Å². The van der Waals surface area contributed by atoms with Crippen molar-refractivity contribution < 1.29 is 13.2 Å². The van der Waals surface area contributed by atoms with Crippen LogP contribution < -0.4 is 14.9 Å². The number of nitrogens with zero attached hydrogens (tertiary/aromatic N) is 1. The average molecular weight is 406 g/mol. The van der Waals surface area contributed by atoms with E-state index in [0.29, 0.717) is 29.0 Å². The number of nitrogens with one attached hydrogen (secondary N) is 2. The van der Waals surface area contributed by atoms with Crippen LogP contribution in [0.3, 0.4) is 0 Å². The van der Waals surface area contributed by atoms with Gasteiger partial charge in [0, 0.05) is 17.8 Å². The summed E-state index contributed by atoms with van der Waals surface area (Å²) in [6.45, 7) is 4.25. The lowest BCUT2D eigenvalue weighted by Gasteiger charge is -2.11. The number of aromatic nitrogens is 1. The van der Waals surface area contributed by atoms with E-state index in [0.717, 1.165) is 27.8 Å². The molecule has 0 aliphatic rings. The molecule has 2 N–H and O–H groups in total. The molecule has 0 aliphatic heterocycles. The fourth-order valence-corrected chi connectivity index (χ4v) is 4.33. The summed E-state index contributed by atoms with van der Waals surface area (Å²) < 4.78 is 27.8. The van der Waals surface area contributed by atoms with Gasteiger partial charge in [0.1, 0.15) is 0 Å². The molecular weight excluding hydrogens is 386 g/mol. The number of rotatable bonds is 5. The van der Waals surface area contributed by atoms with Crippen molar-refractivity contribution >= 4 is 48.9 Å². The molecule has 2 aromatic carbocycles. The summed E-state index contributed by atoms with van der Waals surface area (Å²) in [5.74, 6) is -0.367. The largest absolute Gasteiger partial charge is 0.322 e. The first-order valence-electron chi connectivity index (χ1n) is 8.21. The number of sulfonamides is 1. The molecule has 0 bridgehead atoms. The third-order valence-corrected chi connectivity index (χ3v) is 5.57. The third kappa shape index (κ3) is 4.20. The minimum atomic E-state index is -3.44. The number of thiazole rings is 1. The Morgan fingerprint density at radius 1 is 1.19 bits per heavy atom. The van der Waals surface area contributed by atoms with Crippen LogP contribution in [0, 0.1) is 6.92 Å². The molecule has 0 saturated carbocycles. The smallest absolute Gasteiger partial charge is 0.308 e. The highest BCUT2D eigenvalue weighted by Crippen LogP contribution is 2.23. The molecule has 0 fully saturated rings. The minimum Gasteiger partial charge on any atom is -0.322 e. The molecular formula is C18H19N3O4S2. The molecule has 1 aromatic heterocycles. The summed E-state index contributed by atoms with van der Waals surface area (Å²) >= 11 is 1.13. The topological polar surface area (TPSA) is 97.3 Å². The SMILES string of the molecule is CCn1c(=O)sc2cc(NC(=O)c3ccc(C)c(NS(C)(=O)=O)c3)ccc21. The second kappa shape index (κ2) is 7.16. The van der Waals surface area contributed by atoms with E-state index in [4.69, 9.17) is 0 Å². The predicted octanol–water partition coefficient (Wildman–Crippen LogP) is 3.02. The number of hydrogen-bond donors (Lipinski definition) is 2. The van der Waals surface area contributed by atoms with E-state index in [2.05, 4.69) is 10.0 Å². The molecule has 9 heteroatoms. The molecule has 0 spiro atoms. The summed E-state index contributed by atoms with van der Waals surface area (Å²) in [4.78, 5) is 24.5. The van der Waals surface area contributed by atoms with Crippen LogP contribution in [-0.2, 0) is 16.6 Å². The highest BCUT2D eigenvalue weighted by molar-refractivity contribution is 7.92. The van der Waals surface area contributed by atoms with E-state index in [-0.39, 0.29) is 10.8 Å². The second-order valence-corrected chi connectivity index (χ2v) is 8.89. The van der Waals surface area contributed by atoms with E-state index >= 15 is 0 Å². The molecule has 0 unspecified atom stereocenters. The van der Waals surface area contributed by atoms with Gasteiger partial charge in [-0.25, -0.2) is 8.42 Å². The molecule has 1 amide bonds. The first-order valence-corrected chi connectivity index (χ1v) is 10.9. The molecule has 0 aliphatic carbocycles. The number of hydrogen-bond acceptors (Lipinski definition) is 5. The van der Waals surface area contributed by atoms with Crippen molar-refractivity contribution in [2.45, 2.75) is 20.4 Å². The first-order chi connectivity index (χ1) is 12.7. The first kappa shape index (κ1) is 19.1. The Hall–Kier alpha value is -2.65. The van der Waals surface area contributed by atoms with Crippen molar-refractivity contribution in [1.29, 1.82) is 0 Å². The summed E-state index contributed by atoms with van der Waals surface area (Å²) in [5, 5.41) is 2.79. The molecule has 27 heavy (non-hydrogen) atoms. The Morgan fingerprint density at radius 2 is 1.93 bits per heavy atom. The van der Waals surface area contributed by atoms with E-state index < -0.39 is 10.0 Å². The molecule has 7 nitrogen and oxygen atoms in total. The Morgan fingerprint density at radius 3 is 2.59 bits per heavy atom. The van der Waals surface area contributed by atoms with E-state index in [1.165, 1.54) is 6.07 Å². The minimum absolute atomic E-state index is 0.0361. The van der Waals surface area contributed by atoms with Gasteiger partial charge in [0.05, 0.1) is 22.2 Å². The maximum absolute atomic E-state index is 12.6. The van der Waals surface area contributed by atoms with Gasteiger partial charge >= 0.3 is 4.87 Å². The van der Waals surface area contributed by atoms with Crippen molar-refractivity contribution in [1.82, 2.24) is 4.57 Å². The van der Waals surface area contributed by atoms with Crippen LogP contribution in [0.1, 0.15) is 22.8 Å². The molecule has 3 aromatic rings. The van der Waals surface area contributed by atoms with Crippen LogP contribution >= 0.6 is 11.3 Å². The fourth-order valence-electron chi connectivity index (χ4n) is 2.72. The lowest BCUT2D eigenvalue weighted by molar-refractivity contribution is 0.102. The lowest BCUT2D eigenvalue weighted by Crippen LogP contribution is -2.14. The number of fused-ring (bicyclic) bond motifs is 1. The zero-order valence-corrected chi connectivity index (χ0v) is 16.7. The molecule has 1 heterocycles. The van der Waals surface area contributed by atoms with Crippen LogP contribution in [0.5, 0.6) is 0 Å². The Bertz CT molecular complexity index is 1190. The number of benzene rings is 2. The summed E-state index contributed by atoms with van der Waals surface area (Å²) in [7, 11) is -3.44. The van der Waals surface area contributed by atoms with Crippen molar-refractivity contribution in [3.63, 3.8) is 0 Å². The van der Waals surface area contributed by atoms with Gasteiger partial charge in [-0.15, -0.1) is 0 Å². The van der Waals surface area contributed by atoms with Crippen molar-refractivity contribution in [3.05, 3.63) is 57.2 Å². The quantitative estimate of drug-likeness (QED) is 0.682. The van der Waals surface area contributed by atoms with Gasteiger partial charge in [-0.1, -0.05) is 17.4 Å². The lowest BCUT2D eigenvalue weighted by atomic mass is 10.1. The zero-order valence-electron chi connectivity index (χ0n) is 15.1. The van der Waals surface area contributed by atoms with E-state index in [9.17, 15) is 18.0 Å². The van der Waals surface area contributed by atoms with Crippen molar-refractivity contribution in [2.24, 2.45) is 0 Å². The van der Waals surface area contributed by atoms with Crippen LogP contribution in [0.25, 0.3) is 10.2 Å². The zero-order chi connectivity index (χ0) is 19.8. The second-order valence-electron chi connectivity index (χ2n) is 6.15. The number of aryl methyl sites for hydroxylation is 2. The molecule has 3 rings (SSSR count). The third-order valence-electron chi connectivity index (χ3n) is 4.04. The van der Waals surface area contributed by atoms with Gasteiger partial charge in [0.25, 0.3) is 5.91 Å². The monoisotopic (exact) mass is 405 g/mol. The molecule has 0 atom stereocenters. The van der Waals surface area contributed by atoms with Gasteiger partial charge in [-0.3, -0.25) is 18.9 Å². The van der Waals surface area contributed by atoms with E-state index in [1.54, 1.807) is 41.8 Å². The van der Waals surface area contributed by atoms with Gasteiger partial charge < -0.3 is 5.32 Å². The summed E-state index contributed by atoms with van der Waals surface area (Å²) in [5.41, 5.74) is 2.80. The summed E-state index contributed by atoms with van der Waals surface area (Å²) in [6, 6.07) is 10.1. The fraction of sp³-hybridized carbons (Fsp3) is 0.222. The Labute approximate surface area is 160 Å². The van der Waals surface area contributed by atoms with Crippen LogP contribution in [0.4, 0.5) is 11.4 Å². The van der Waals surface area contributed by atoms with Crippen LogP contribution in [-0.4, -0.2) is 25.1 Å². The highest BCUT2D eigenvalue weighted by atomic mass is 32.2.